The second-order valence-corrected chi connectivity index (χ2v) is 11.6. The number of unbranched alkanes of at least 4 members (excludes halogenated alkanes) is 16. The van der Waals surface area contributed by atoms with E-state index < -0.39 is 0 Å². The fourth-order valence-electron chi connectivity index (χ4n) is 4.95. The molecule has 0 saturated carbocycles. The molecule has 0 radical (unpaired) electrons. The first kappa shape index (κ1) is 45.2. The van der Waals surface area contributed by atoms with Crippen LogP contribution in [0, 0.1) is 0 Å². The lowest BCUT2D eigenvalue weighted by atomic mass is 10.0. The van der Waals surface area contributed by atoms with E-state index in [1.165, 1.54) is 140 Å². The van der Waals surface area contributed by atoms with Gasteiger partial charge in [-0.15, -0.1) is 0 Å². The highest BCUT2D eigenvalue weighted by Gasteiger charge is 2.10. The quantitative estimate of drug-likeness (QED) is 0.0804. The van der Waals surface area contributed by atoms with E-state index in [1.54, 1.807) is 0 Å². The molecule has 0 amide bonds. The average Bonchev–Trinajstić information content (AvgIpc) is 3.25. The van der Waals surface area contributed by atoms with Gasteiger partial charge in [0.05, 0.1) is 11.9 Å². The number of hydrogen-bond donors (Lipinski definition) is 0. The van der Waals surface area contributed by atoms with E-state index in [2.05, 4.69) is 65.5 Å². The molecule has 0 atom stereocenters. The van der Waals surface area contributed by atoms with Gasteiger partial charge in [-0.3, -0.25) is 0 Å². The summed E-state index contributed by atoms with van der Waals surface area (Å²) >= 11 is 0. The van der Waals surface area contributed by atoms with Gasteiger partial charge in [-0.25, -0.2) is 0 Å². The first-order valence-electron chi connectivity index (χ1n) is 18.9. The van der Waals surface area contributed by atoms with Crippen molar-refractivity contribution < 1.29 is 4.74 Å². The second-order valence-electron chi connectivity index (χ2n) is 11.6. The highest BCUT2D eigenvalue weighted by Crippen LogP contribution is 2.20. The lowest BCUT2D eigenvalue weighted by Gasteiger charge is -2.20. The molecule has 0 aliphatic heterocycles. The first-order chi connectivity index (χ1) is 20.6. The number of rotatable bonds is 24. The van der Waals surface area contributed by atoms with Crippen LogP contribution >= 0.6 is 0 Å². The van der Waals surface area contributed by atoms with Crippen LogP contribution in [-0.2, 0) is 4.74 Å². The van der Waals surface area contributed by atoms with E-state index in [0.717, 1.165) is 25.0 Å². The van der Waals surface area contributed by atoms with Gasteiger partial charge in [0.1, 0.15) is 0 Å². The summed E-state index contributed by atoms with van der Waals surface area (Å²) in [5, 5.41) is 0. The molecule has 1 aliphatic rings. The van der Waals surface area contributed by atoms with Crippen molar-refractivity contribution in [2.24, 2.45) is 0 Å². The third-order valence-corrected chi connectivity index (χ3v) is 7.75. The van der Waals surface area contributed by atoms with E-state index in [0.29, 0.717) is 6.10 Å². The van der Waals surface area contributed by atoms with Crippen molar-refractivity contribution >= 4 is 0 Å². The zero-order valence-electron chi connectivity index (χ0n) is 30.8. The van der Waals surface area contributed by atoms with Crippen molar-refractivity contribution in [3.63, 3.8) is 0 Å². The Kier molecular flexibility index (Phi) is 42.8. The lowest BCUT2D eigenvalue weighted by molar-refractivity contribution is 0.0916. The Morgan fingerprint density at radius 1 is 0.643 bits per heavy atom. The van der Waals surface area contributed by atoms with Crippen LogP contribution in [0.1, 0.15) is 210 Å². The molecule has 0 heterocycles. The molecule has 1 heteroatoms. The van der Waals surface area contributed by atoms with Crippen molar-refractivity contribution in [1.82, 2.24) is 0 Å². The van der Waals surface area contributed by atoms with Gasteiger partial charge in [-0.05, 0) is 51.0 Å². The predicted molar refractivity (Wildman–Crippen MR) is 197 cm³/mol. The minimum Gasteiger partial charge on any atom is -0.495 e. The molecule has 1 rings (SSSR count). The Balaban J connectivity index is -0.000000894. The van der Waals surface area contributed by atoms with E-state index in [-0.39, 0.29) is 0 Å². The largest absolute Gasteiger partial charge is 0.495 e. The van der Waals surface area contributed by atoms with Crippen LogP contribution in [0.3, 0.4) is 0 Å². The van der Waals surface area contributed by atoms with Crippen LogP contribution in [0.25, 0.3) is 0 Å². The first-order valence-corrected chi connectivity index (χ1v) is 18.9. The van der Waals surface area contributed by atoms with E-state index in [9.17, 15) is 0 Å². The van der Waals surface area contributed by atoms with E-state index in [1.807, 2.05) is 27.7 Å². The van der Waals surface area contributed by atoms with Crippen molar-refractivity contribution in [3.8, 4) is 0 Å². The van der Waals surface area contributed by atoms with E-state index >= 15 is 0 Å². The molecule has 0 spiro atoms. The van der Waals surface area contributed by atoms with Gasteiger partial charge in [0.25, 0.3) is 0 Å². The summed E-state index contributed by atoms with van der Waals surface area (Å²) in [6, 6.07) is 0. The molecule has 250 valence electrons. The van der Waals surface area contributed by atoms with Crippen molar-refractivity contribution in [3.05, 3.63) is 47.8 Å². The summed E-state index contributed by atoms with van der Waals surface area (Å²) in [4.78, 5) is 0. The monoisotopic (exact) mass is 589 g/mol. The number of ether oxygens (including phenoxy) is 1. The Hall–Kier alpha value is -1.24. The summed E-state index contributed by atoms with van der Waals surface area (Å²) in [7, 11) is 0. The van der Waals surface area contributed by atoms with Gasteiger partial charge in [0, 0.05) is 6.42 Å². The molecule has 0 aromatic rings. The topological polar surface area (TPSA) is 9.23 Å². The molecular weight excluding hydrogens is 508 g/mol. The van der Waals surface area contributed by atoms with Crippen molar-refractivity contribution in [2.75, 3.05) is 0 Å². The SMILES string of the molecule is C=C(CC)OC(CCCCCCCCCCC)CCCCCCCCCCC.CC.CC.CCC1=CC=C(C)CC=C1. The maximum Gasteiger partial charge on any atom is 0.0982 e. The van der Waals surface area contributed by atoms with Crippen LogP contribution in [0.5, 0.6) is 0 Å². The lowest BCUT2D eigenvalue weighted by Crippen LogP contribution is -2.12. The van der Waals surface area contributed by atoms with Crippen LogP contribution < -0.4 is 0 Å². The maximum absolute atomic E-state index is 6.15. The fourth-order valence-corrected chi connectivity index (χ4v) is 4.95. The molecule has 1 aliphatic carbocycles. The number of allylic oxidation sites excluding steroid dienone is 7. The Bertz CT molecular complexity index is 586. The summed E-state index contributed by atoms with van der Waals surface area (Å²) in [6.45, 7) is 23.2. The second kappa shape index (κ2) is 39.8. The van der Waals surface area contributed by atoms with Gasteiger partial charge in [-0.2, -0.15) is 0 Å². The van der Waals surface area contributed by atoms with Crippen LogP contribution in [0.15, 0.2) is 47.8 Å². The van der Waals surface area contributed by atoms with Gasteiger partial charge < -0.3 is 4.74 Å². The normalized spacial score (nSPS) is 12.0. The molecule has 1 nitrogen and oxygen atoms in total. The van der Waals surface area contributed by atoms with Gasteiger partial charge >= 0.3 is 0 Å². The molecular formula is C41H80O. The highest BCUT2D eigenvalue weighted by atomic mass is 16.5. The Morgan fingerprint density at radius 3 is 1.43 bits per heavy atom. The summed E-state index contributed by atoms with van der Waals surface area (Å²) < 4.78 is 6.15. The molecule has 0 aromatic carbocycles. The fraction of sp³-hybridized carbons (Fsp3) is 0.805. The van der Waals surface area contributed by atoms with Crippen LogP contribution in [-0.4, -0.2) is 6.10 Å². The third-order valence-electron chi connectivity index (χ3n) is 7.75. The van der Waals surface area contributed by atoms with Gasteiger partial charge in [0.15, 0.2) is 0 Å². The third kappa shape index (κ3) is 35.0. The van der Waals surface area contributed by atoms with Crippen LogP contribution in [0.2, 0.25) is 0 Å². The van der Waals surface area contributed by atoms with E-state index in [4.69, 9.17) is 4.74 Å². The molecule has 0 fully saturated rings. The molecule has 42 heavy (non-hydrogen) atoms. The highest BCUT2D eigenvalue weighted by molar-refractivity contribution is 5.29. The Morgan fingerprint density at radius 2 is 1.05 bits per heavy atom. The summed E-state index contributed by atoms with van der Waals surface area (Å²) in [5.41, 5.74) is 2.87. The standard InChI is InChI=1S/C27H54O.C10H14.2C2H6/c1-5-8-10-12-14-16-18-20-22-24-27(28-26(4)7-3)25-23-21-19-17-15-13-11-9-6-2;1-3-10-6-4-5-9(2)7-8-10;2*1-2/h27H,4-25H2,1-3H3;4,6-8H,3,5H2,1-2H3;2*1-2H3. The molecule has 0 saturated heterocycles. The summed E-state index contributed by atoms with van der Waals surface area (Å²) in [6.07, 6.45) is 40.2. The molecule has 0 aromatic heterocycles. The zero-order chi connectivity index (χ0) is 32.1. The van der Waals surface area contributed by atoms with Crippen LogP contribution in [0.4, 0.5) is 0 Å². The number of hydrogen-bond acceptors (Lipinski definition) is 1. The molecule has 0 N–H and O–H groups in total. The average molecular weight is 589 g/mol. The Labute approximate surface area is 268 Å². The maximum atomic E-state index is 6.15. The minimum atomic E-state index is 0.418. The molecule has 0 bridgehead atoms. The van der Waals surface area contributed by atoms with Gasteiger partial charge in [-0.1, -0.05) is 195 Å². The summed E-state index contributed by atoms with van der Waals surface area (Å²) in [5.74, 6) is 0.983. The zero-order valence-corrected chi connectivity index (χ0v) is 30.8. The van der Waals surface area contributed by atoms with Crippen molar-refractivity contribution in [1.29, 1.82) is 0 Å². The predicted octanol–water partition coefficient (Wildman–Crippen LogP) is 15.4. The minimum absolute atomic E-state index is 0.418. The van der Waals surface area contributed by atoms with Gasteiger partial charge in [0.2, 0.25) is 0 Å². The smallest absolute Gasteiger partial charge is 0.0982 e. The molecule has 0 unspecified atom stereocenters. The van der Waals surface area contributed by atoms with Crippen molar-refractivity contribution in [2.45, 2.75) is 216 Å².